The number of primary amides is 1. The van der Waals surface area contributed by atoms with Gasteiger partial charge in [0.25, 0.3) is 0 Å². The highest BCUT2D eigenvalue weighted by Gasteiger charge is 2.39. The van der Waals surface area contributed by atoms with Crippen LogP contribution >= 0.6 is 0 Å². The van der Waals surface area contributed by atoms with Gasteiger partial charge in [0.1, 0.15) is 52.0 Å². The van der Waals surface area contributed by atoms with E-state index in [1.807, 2.05) is 202 Å². The van der Waals surface area contributed by atoms with Crippen LogP contribution < -0.4 is 32.7 Å². The number of aliphatic hydroxyl groups is 1. The molecular formula is C106H132N10O15. The zero-order valence-electron chi connectivity index (χ0n) is 76.5. The van der Waals surface area contributed by atoms with Crippen LogP contribution in [0, 0.1) is 76.4 Å². The fourth-order valence-electron chi connectivity index (χ4n) is 17.9. The number of hydrogen-bond acceptors (Lipinski definition) is 18. The van der Waals surface area contributed by atoms with E-state index in [1.54, 1.807) is 42.5 Å². The van der Waals surface area contributed by atoms with Crippen molar-refractivity contribution in [3.8, 4) is 22.5 Å². The number of aliphatic carboxylic acids is 1. The Kier molecular flexibility index (Phi) is 41.1. The standard InChI is InChI=1S/C106H132N10O15/c1-69(2)52-80(60-96(123)85(68-117)65-91(118)71(5)30-25-27-49-107)97(124)66-88(70(3)4)98(125)58-77(43-29-50-111-106(109)110)92(119)59-78(105(130)131)41-26-28-51-116-103-86-44-22-21-42-79(86)67-115(90-46-24-23-45-87(90)102(103)113-114-116)101(128)48-47-100(127)112-89(57-76-39-19-10-20-40-76)99(126)63-83(55-74-35-15-8-16-36-74)94(121)61-81(53-72-31-11-6-12-32-72)93(120)62-82(54-73-33-13-7-14-34-73)95(122)64-84(104(108)129)56-75-37-17-9-18-38-75/h6-24,31-40,42,44-46,69-71,77-78,80-85,88-89,117H,25-30,41,43,47-68,107H2,1-5H3,(H2,108,129)(H,112,127)(H,130,131)(H4,109,110,111). The average molecular weight is 1790 g/mol. The van der Waals surface area contributed by atoms with Gasteiger partial charge < -0.3 is 42.9 Å². The molecule has 7 aromatic carbocycles. The highest BCUT2D eigenvalue weighted by Crippen LogP contribution is 2.42. The molecule has 696 valence electrons. The maximum absolute atomic E-state index is 15.4. The van der Waals surface area contributed by atoms with Gasteiger partial charge in [-0.2, -0.15) is 0 Å². The van der Waals surface area contributed by atoms with E-state index in [1.165, 1.54) is 0 Å². The molecule has 1 aromatic heterocycles. The number of aromatic nitrogens is 3. The molecule has 1 aliphatic rings. The summed E-state index contributed by atoms with van der Waals surface area (Å²) in [5, 5.41) is 43.9. The van der Waals surface area contributed by atoms with Crippen LogP contribution in [0.4, 0.5) is 5.69 Å². The van der Waals surface area contributed by atoms with Crippen LogP contribution in [0.25, 0.3) is 22.5 Å². The molecule has 9 rings (SSSR count). The van der Waals surface area contributed by atoms with Gasteiger partial charge in [0.2, 0.25) is 17.7 Å². The molecule has 0 spiro atoms. The number of guanidine groups is 1. The van der Waals surface area contributed by atoms with Crippen molar-refractivity contribution in [3.05, 3.63) is 234 Å². The summed E-state index contributed by atoms with van der Waals surface area (Å²) >= 11 is 0. The SMILES string of the molecule is CC(C)CC(CC(=O)C(CO)CC(=O)C(C)CCCCN)C(=O)CC(C(=O)CC(CCCNC(=N)N)C(=O)CC(CCCCn1nnc2c1-c1ccccc1CN(C(=O)CCC(=O)NC(Cc1ccccc1)C(=O)CC(Cc1ccccc1)C(=O)CC(Cc1ccccc1)C(=O)CC(Cc1ccccc1)C(=O)CC(Cc1ccccc1)C(N)=O)c1ccccc1-2)C(=O)O)C(C)C. The van der Waals surface area contributed by atoms with E-state index < -0.39 is 107 Å². The van der Waals surface area contributed by atoms with Crippen LogP contribution in [0.5, 0.6) is 0 Å². The molecule has 0 aliphatic carbocycles. The van der Waals surface area contributed by atoms with Crippen LogP contribution in [0.15, 0.2) is 200 Å². The van der Waals surface area contributed by atoms with Gasteiger partial charge in [0.05, 0.1) is 36.5 Å². The number of para-hydroxylation sites is 1. The van der Waals surface area contributed by atoms with E-state index in [9.17, 15) is 53.4 Å². The molecule has 131 heavy (non-hydrogen) atoms. The minimum absolute atomic E-state index is 0.0187. The molecule has 25 nitrogen and oxygen atoms in total. The first-order valence-electron chi connectivity index (χ1n) is 46.5. The maximum Gasteiger partial charge on any atom is 0.306 e. The average Bonchev–Trinajstić information content (AvgIpc) is 1.53. The van der Waals surface area contributed by atoms with Gasteiger partial charge in [0.15, 0.2) is 11.7 Å². The molecule has 2 heterocycles. The third-order valence-corrected chi connectivity index (χ3v) is 25.5. The van der Waals surface area contributed by atoms with Gasteiger partial charge in [-0.05, 0) is 135 Å². The van der Waals surface area contributed by atoms with Crippen LogP contribution in [-0.4, -0.2) is 133 Å². The second kappa shape index (κ2) is 52.6. The Labute approximate surface area is 769 Å². The monoisotopic (exact) mass is 1780 g/mol. The van der Waals surface area contributed by atoms with Crippen molar-refractivity contribution in [2.45, 2.75) is 214 Å². The number of rotatable bonds is 60. The minimum Gasteiger partial charge on any atom is -0.481 e. The number of benzene rings is 7. The summed E-state index contributed by atoms with van der Waals surface area (Å²) in [4.78, 5) is 189. The number of carboxylic acid groups (broad SMARTS) is 1. The van der Waals surface area contributed by atoms with Crippen LogP contribution in [-0.2, 0) is 108 Å². The van der Waals surface area contributed by atoms with Gasteiger partial charge >= 0.3 is 5.97 Å². The van der Waals surface area contributed by atoms with Crippen molar-refractivity contribution in [3.63, 3.8) is 0 Å². The van der Waals surface area contributed by atoms with Crippen molar-refractivity contribution in [2.75, 3.05) is 24.6 Å². The number of Topliss-reactive ketones (excluding diaryl/α,β-unsaturated/α-hetero) is 9. The summed E-state index contributed by atoms with van der Waals surface area (Å²) in [5.74, 6) is -15.2. The van der Waals surface area contributed by atoms with E-state index >= 15 is 19.2 Å². The first-order chi connectivity index (χ1) is 63.0. The number of ketones is 9. The molecule has 11 unspecified atom stereocenters. The Hall–Kier alpha value is -12.2. The van der Waals surface area contributed by atoms with Gasteiger partial charge in [-0.25, -0.2) is 4.68 Å². The Morgan fingerprint density at radius 3 is 1.39 bits per heavy atom. The summed E-state index contributed by atoms with van der Waals surface area (Å²) in [6.07, 6.45) is 1.64. The van der Waals surface area contributed by atoms with Crippen molar-refractivity contribution in [1.29, 1.82) is 5.41 Å². The lowest BCUT2D eigenvalue weighted by atomic mass is 9.76. The number of aliphatic hydroxyl groups excluding tert-OH is 1. The fraction of sp³-hybridized carbons (Fsp3) is 0.453. The summed E-state index contributed by atoms with van der Waals surface area (Å²) in [6, 6.07) is 59.8. The summed E-state index contributed by atoms with van der Waals surface area (Å²) in [6.45, 7) is 9.71. The van der Waals surface area contributed by atoms with Crippen LogP contribution in [0.2, 0.25) is 0 Å². The highest BCUT2D eigenvalue weighted by atomic mass is 16.4. The van der Waals surface area contributed by atoms with Crippen molar-refractivity contribution in [1.82, 2.24) is 25.6 Å². The molecule has 1 aliphatic heterocycles. The molecule has 25 heteroatoms. The molecule has 0 saturated heterocycles. The number of anilines is 1. The van der Waals surface area contributed by atoms with Crippen molar-refractivity contribution >= 4 is 87.4 Å². The normalized spacial score (nSPS) is 14.3. The number of nitrogens with zero attached hydrogens (tertiary/aromatic N) is 4. The number of nitrogens with one attached hydrogen (secondary N) is 3. The number of carbonyl (C=O) groups is 13. The summed E-state index contributed by atoms with van der Waals surface area (Å²) in [5.41, 5.74) is 24.7. The van der Waals surface area contributed by atoms with Gasteiger partial charge in [0, 0.05) is 148 Å². The molecule has 0 saturated carbocycles. The number of hydrogen-bond donors (Lipinski definition) is 8. The first-order valence-corrected chi connectivity index (χ1v) is 46.5. The number of fused-ring (bicyclic) bond motifs is 5. The molecule has 0 fully saturated rings. The summed E-state index contributed by atoms with van der Waals surface area (Å²) in [7, 11) is 0. The van der Waals surface area contributed by atoms with E-state index in [-0.39, 0.29) is 194 Å². The summed E-state index contributed by atoms with van der Waals surface area (Å²) < 4.78 is 1.75. The Morgan fingerprint density at radius 2 is 0.878 bits per heavy atom. The lowest BCUT2D eigenvalue weighted by molar-refractivity contribution is -0.145. The first kappa shape index (κ1) is 103. The zero-order chi connectivity index (χ0) is 94.5. The Morgan fingerprint density at radius 1 is 0.443 bits per heavy atom. The smallest absolute Gasteiger partial charge is 0.306 e. The number of carbonyl (C=O) groups excluding carboxylic acids is 12. The van der Waals surface area contributed by atoms with Crippen molar-refractivity contribution < 1.29 is 72.5 Å². The number of carboxylic acids is 1. The molecule has 0 radical (unpaired) electrons. The van der Waals surface area contributed by atoms with Gasteiger partial charge in [-0.15, -0.1) is 5.10 Å². The number of unbranched alkanes of at least 4 members (excludes halogenated alkanes) is 2. The molecule has 11 N–H and O–H groups in total. The zero-order valence-corrected chi connectivity index (χ0v) is 76.5. The fourth-order valence-corrected chi connectivity index (χ4v) is 17.9. The topological polar surface area (TPSA) is 422 Å². The lowest BCUT2D eigenvalue weighted by Gasteiger charge is -2.28. The predicted octanol–water partition coefficient (Wildman–Crippen LogP) is 14.6. The number of nitrogens with two attached hydrogens (primary N) is 3. The van der Waals surface area contributed by atoms with Gasteiger partial charge in [-0.3, -0.25) is 67.7 Å². The highest BCUT2D eigenvalue weighted by molar-refractivity contribution is 6.03. The minimum atomic E-state index is -1.19. The Bertz CT molecular complexity index is 5140. The molecular weight excluding hydrogens is 1650 g/mol. The molecule has 8 aromatic rings. The van der Waals surface area contributed by atoms with Crippen LogP contribution in [0.3, 0.4) is 0 Å². The maximum atomic E-state index is 15.4. The van der Waals surface area contributed by atoms with E-state index in [4.69, 9.17) is 27.7 Å². The van der Waals surface area contributed by atoms with E-state index in [2.05, 4.69) is 15.8 Å². The van der Waals surface area contributed by atoms with E-state index in [0.29, 0.717) is 66.9 Å². The predicted molar refractivity (Wildman–Crippen MR) is 505 cm³/mol. The lowest BCUT2D eigenvalue weighted by Crippen LogP contribution is -2.44. The Balaban J connectivity index is 0.870. The second-order valence-electron chi connectivity index (χ2n) is 36.4. The molecule has 11 atom stereocenters. The number of amides is 3. The second-order valence-corrected chi connectivity index (χ2v) is 36.4. The van der Waals surface area contributed by atoms with Gasteiger partial charge in [-0.1, -0.05) is 247 Å². The largest absolute Gasteiger partial charge is 0.481 e. The molecule has 0 bridgehead atoms. The third kappa shape index (κ3) is 32.4. The van der Waals surface area contributed by atoms with E-state index in [0.717, 1.165) is 46.2 Å². The number of aryl methyl sites for hydroxylation is 1. The van der Waals surface area contributed by atoms with Crippen LogP contribution in [0.1, 0.15) is 196 Å². The quantitative estimate of drug-likeness (QED) is 0.00997. The third-order valence-electron chi connectivity index (χ3n) is 25.5. The van der Waals surface area contributed by atoms with Crippen molar-refractivity contribution in [2.24, 2.45) is 88.2 Å². The molecule has 3 amide bonds.